The molecule has 1 amide bonds. The van der Waals surface area contributed by atoms with Crippen LogP contribution in [0.15, 0.2) is 36.4 Å². The molecule has 0 fully saturated rings. The Balaban J connectivity index is 1.56. The summed E-state index contributed by atoms with van der Waals surface area (Å²) < 4.78 is 19.6. The Hall–Kier alpha value is -2.47. The zero-order valence-electron chi connectivity index (χ0n) is 13.4. The van der Waals surface area contributed by atoms with E-state index >= 15 is 0 Å². The van der Waals surface area contributed by atoms with Gasteiger partial charge >= 0.3 is 0 Å². The number of thiazole rings is 1. The van der Waals surface area contributed by atoms with Crippen LogP contribution in [0.2, 0.25) is 0 Å². The molecule has 0 saturated carbocycles. The van der Waals surface area contributed by atoms with E-state index in [9.17, 15) is 9.18 Å². The molecule has 0 aliphatic carbocycles. The molecule has 3 rings (SSSR count). The number of nitrogens with zero attached hydrogens (tertiary/aromatic N) is 1. The third-order valence-corrected chi connectivity index (χ3v) is 4.46. The number of hydrogen-bond acceptors (Lipinski definition) is 4. The molecule has 0 aliphatic heterocycles. The Morgan fingerprint density at radius 2 is 2.08 bits per heavy atom. The Labute approximate surface area is 143 Å². The van der Waals surface area contributed by atoms with Crippen LogP contribution >= 0.6 is 11.3 Å². The van der Waals surface area contributed by atoms with Gasteiger partial charge in [-0.05, 0) is 49.2 Å². The van der Waals surface area contributed by atoms with Gasteiger partial charge in [0.15, 0.2) is 5.13 Å². The van der Waals surface area contributed by atoms with Gasteiger partial charge in [-0.25, -0.2) is 9.37 Å². The molecule has 3 aromatic rings. The fourth-order valence-electron chi connectivity index (χ4n) is 2.25. The number of aryl methyl sites for hydroxylation is 2. The molecule has 6 heteroatoms. The van der Waals surface area contributed by atoms with E-state index in [0.717, 1.165) is 16.9 Å². The first-order chi connectivity index (χ1) is 11.5. The Morgan fingerprint density at radius 3 is 2.92 bits per heavy atom. The minimum atomic E-state index is -0.314. The van der Waals surface area contributed by atoms with Gasteiger partial charge < -0.3 is 10.1 Å². The number of halogens is 1. The summed E-state index contributed by atoms with van der Waals surface area (Å²) in [6, 6.07) is 10.3. The number of amides is 1. The molecule has 0 unspecified atom stereocenters. The summed E-state index contributed by atoms with van der Waals surface area (Å²) in [6.07, 6.45) is 0.220. The molecule has 0 aliphatic rings. The summed E-state index contributed by atoms with van der Waals surface area (Å²) in [6.45, 7) is 4.25. The van der Waals surface area contributed by atoms with Crippen molar-refractivity contribution >= 4 is 32.6 Å². The van der Waals surface area contributed by atoms with Gasteiger partial charge in [0.25, 0.3) is 0 Å². The molecule has 1 aromatic heterocycles. The average molecular weight is 344 g/mol. The molecular weight excluding hydrogens is 327 g/mol. The Kier molecular flexibility index (Phi) is 4.76. The molecule has 1 N–H and O–H groups in total. The maximum absolute atomic E-state index is 13.2. The highest BCUT2D eigenvalue weighted by Gasteiger charge is 2.09. The molecular formula is C18H17FN2O2S. The summed E-state index contributed by atoms with van der Waals surface area (Å²) in [5.41, 5.74) is 2.82. The van der Waals surface area contributed by atoms with Gasteiger partial charge in [-0.1, -0.05) is 23.5 Å². The fraction of sp³-hybridized carbons (Fsp3) is 0.222. The maximum atomic E-state index is 13.2. The molecule has 0 radical (unpaired) electrons. The van der Waals surface area contributed by atoms with Crippen LogP contribution < -0.4 is 10.1 Å². The molecule has 24 heavy (non-hydrogen) atoms. The molecule has 124 valence electrons. The second kappa shape index (κ2) is 6.97. The van der Waals surface area contributed by atoms with E-state index in [2.05, 4.69) is 10.3 Å². The SMILES string of the molecule is Cc1ccc(C)c(OCCC(=O)Nc2nc3ccc(F)cc3s2)c1. The highest BCUT2D eigenvalue weighted by atomic mass is 32.1. The number of carbonyl (C=O) groups is 1. The van der Waals surface area contributed by atoms with Gasteiger partial charge in [-0.2, -0.15) is 0 Å². The summed E-state index contributed by atoms with van der Waals surface area (Å²) in [5, 5.41) is 3.19. The molecule has 0 spiro atoms. The predicted octanol–water partition coefficient (Wildman–Crippen LogP) is 4.46. The lowest BCUT2D eigenvalue weighted by atomic mass is 10.1. The van der Waals surface area contributed by atoms with Crippen LogP contribution in [0, 0.1) is 19.7 Å². The van der Waals surface area contributed by atoms with Crippen molar-refractivity contribution in [3.8, 4) is 5.75 Å². The van der Waals surface area contributed by atoms with Crippen LogP contribution in [0.25, 0.3) is 10.2 Å². The third kappa shape index (κ3) is 3.89. The van der Waals surface area contributed by atoms with Crippen LogP contribution in [-0.4, -0.2) is 17.5 Å². The van der Waals surface area contributed by atoms with E-state index in [1.807, 2.05) is 32.0 Å². The molecule has 0 saturated heterocycles. The summed E-state index contributed by atoms with van der Waals surface area (Å²) in [5.74, 6) is 0.295. The second-order valence-electron chi connectivity index (χ2n) is 5.55. The van der Waals surface area contributed by atoms with Crippen molar-refractivity contribution in [2.24, 2.45) is 0 Å². The number of carbonyl (C=O) groups excluding carboxylic acids is 1. The van der Waals surface area contributed by atoms with E-state index in [4.69, 9.17) is 4.74 Å². The second-order valence-corrected chi connectivity index (χ2v) is 6.58. The number of fused-ring (bicyclic) bond motifs is 1. The van der Waals surface area contributed by atoms with Gasteiger partial charge in [0, 0.05) is 0 Å². The number of anilines is 1. The van der Waals surface area contributed by atoms with E-state index < -0.39 is 0 Å². The van der Waals surface area contributed by atoms with Gasteiger partial charge in [0.1, 0.15) is 11.6 Å². The normalized spacial score (nSPS) is 10.8. The van der Waals surface area contributed by atoms with Crippen molar-refractivity contribution in [1.29, 1.82) is 0 Å². The maximum Gasteiger partial charge on any atom is 0.229 e. The molecule has 0 atom stereocenters. The molecule has 1 heterocycles. The van der Waals surface area contributed by atoms with Crippen molar-refractivity contribution in [3.05, 3.63) is 53.3 Å². The van der Waals surface area contributed by atoms with Gasteiger partial charge in [-0.15, -0.1) is 0 Å². The van der Waals surface area contributed by atoms with Gasteiger partial charge in [0.05, 0.1) is 23.2 Å². The smallest absolute Gasteiger partial charge is 0.229 e. The quantitative estimate of drug-likeness (QED) is 0.743. The van der Waals surface area contributed by atoms with E-state index in [-0.39, 0.29) is 24.8 Å². The van der Waals surface area contributed by atoms with Crippen LogP contribution in [-0.2, 0) is 4.79 Å². The largest absolute Gasteiger partial charge is 0.493 e. The fourth-order valence-corrected chi connectivity index (χ4v) is 3.16. The van der Waals surface area contributed by atoms with Crippen LogP contribution in [0.5, 0.6) is 5.75 Å². The minimum absolute atomic E-state index is 0.181. The minimum Gasteiger partial charge on any atom is -0.493 e. The first-order valence-electron chi connectivity index (χ1n) is 7.57. The van der Waals surface area contributed by atoms with E-state index in [0.29, 0.717) is 15.3 Å². The van der Waals surface area contributed by atoms with Crippen molar-refractivity contribution < 1.29 is 13.9 Å². The topological polar surface area (TPSA) is 51.2 Å². The van der Waals surface area contributed by atoms with Gasteiger partial charge in [0.2, 0.25) is 5.91 Å². The van der Waals surface area contributed by atoms with Crippen LogP contribution in [0.3, 0.4) is 0 Å². The number of benzene rings is 2. The number of rotatable bonds is 5. The summed E-state index contributed by atoms with van der Waals surface area (Å²) in [7, 11) is 0. The highest BCUT2D eigenvalue weighted by Crippen LogP contribution is 2.26. The van der Waals surface area contributed by atoms with Crippen molar-refractivity contribution in [1.82, 2.24) is 4.98 Å². The number of aromatic nitrogens is 1. The van der Waals surface area contributed by atoms with Crippen molar-refractivity contribution in [2.75, 3.05) is 11.9 Å². The zero-order valence-corrected chi connectivity index (χ0v) is 14.2. The molecule has 4 nitrogen and oxygen atoms in total. The predicted molar refractivity (Wildman–Crippen MR) is 94.2 cm³/mol. The highest BCUT2D eigenvalue weighted by molar-refractivity contribution is 7.22. The van der Waals surface area contributed by atoms with Crippen molar-refractivity contribution in [2.45, 2.75) is 20.3 Å². The summed E-state index contributed by atoms with van der Waals surface area (Å²) >= 11 is 1.25. The Morgan fingerprint density at radius 1 is 1.25 bits per heavy atom. The first-order valence-corrected chi connectivity index (χ1v) is 8.39. The zero-order chi connectivity index (χ0) is 17.1. The van der Waals surface area contributed by atoms with Crippen LogP contribution in [0.1, 0.15) is 17.5 Å². The van der Waals surface area contributed by atoms with E-state index in [1.165, 1.54) is 23.5 Å². The van der Waals surface area contributed by atoms with E-state index in [1.54, 1.807) is 6.07 Å². The first kappa shape index (κ1) is 16.4. The third-order valence-electron chi connectivity index (χ3n) is 3.53. The van der Waals surface area contributed by atoms with Gasteiger partial charge in [-0.3, -0.25) is 4.79 Å². The monoisotopic (exact) mass is 344 g/mol. The number of ether oxygens (including phenoxy) is 1. The van der Waals surface area contributed by atoms with Crippen LogP contribution in [0.4, 0.5) is 9.52 Å². The number of hydrogen-bond donors (Lipinski definition) is 1. The molecule has 2 aromatic carbocycles. The number of nitrogens with one attached hydrogen (secondary N) is 1. The lowest BCUT2D eigenvalue weighted by Gasteiger charge is -2.09. The summed E-state index contributed by atoms with van der Waals surface area (Å²) in [4.78, 5) is 16.3. The lowest BCUT2D eigenvalue weighted by molar-refractivity contribution is -0.116. The lowest BCUT2D eigenvalue weighted by Crippen LogP contribution is -2.15. The van der Waals surface area contributed by atoms with Crippen molar-refractivity contribution in [3.63, 3.8) is 0 Å². The Bertz CT molecular complexity index is 892. The standard InChI is InChI=1S/C18H17FN2O2S/c1-11-3-4-12(2)15(9-11)23-8-7-17(22)21-18-20-14-6-5-13(19)10-16(14)24-18/h3-6,9-10H,7-8H2,1-2H3,(H,20,21,22). The molecule has 0 bridgehead atoms. The average Bonchev–Trinajstić information content (AvgIpc) is 2.91.